The summed E-state index contributed by atoms with van der Waals surface area (Å²) in [6.07, 6.45) is 0. The van der Waals surface area contributed by atoms with E-state index in [1.807, 2.05) is 32.0 Å². The molecule has 0 saturated heterocycles. The van der Waals surface area contributed by atoms with Crippen LogP contribution in [0.4, 0.5) is 4.39 Å². The summed E-state index contributed by atoms with van der Waals surface area (Å²) in [7, 11) is -3.62. The highest BCUT2D eigenvalue weighted by molar-refractivity contribution is 7.88. The van der Waals surface area contributed by atoms with Gasteiger partial charge in [0.2, 0.25) is 10.0 Å². The number of rotatable bonds is 5. The molecule has 0 aliphatic carbocycles. The fourth-order valence-corrected chi connectivity index (χ4v) is 3.90. The topological polar surface area (TPSA) is 46.2 Å². The van der Waals surface area contributed by atoms with Crippen LogP contribution in [0.2, 0.25) is 0 Å². The zero-order valence-electron chi connectivity index (χ0n) is 12.9. The second kappa shape index (κ2) is 6.58. The number of hydrogen-bond donors (Lipinski definition) is 1. The van der Waals surface area contributed by atoms with E-state index in [0.717, 1.165) is 16.7 Å². The second-order valence-corrected chi connectivity index (χ2v) is 7.30. The molecule has 0 radical (unpaired) electrons. The molecule has 2 aromatic carbocycles. The molecule has 0 fully saturated rings. The Balaban J connectivity index is 2.16. The van der Waals surface area contributed by atoms with Crippen LogP contribution in [0.25, 0.3) is 0 Å². The van der Waals surface area contributed by atoms with Crippen LogP contribution in [0, 0.1) is 19.7 Å². The first-order valence-electron chi connectivity index (χ1n) is 7.09. The highest BCUT2D eigenvalue weighted by Gasteiger charge is 2.19. The van der Waals surface area contributed by atoms with Crippen LogP contribution < -0.4 is 4.72 Å². The molecular weight excluding hydrogens is 301 g/mol. The number of benzene rings is 2. The van der Waals surface area contributed by atoms with Crippen molar-refractivity contribution < 1.29 is 12.8 Å². The summed E-state index contributed by atoms with van der Waals surface area (Å²) in [6.45, 7) is 5.73. The summed E-state index contributed by atoms with van der Waals surface area (Å²) in [6, 6.07) is 11.4. The summed E-state index contributed by atoms with van der Waals surface area (Å²) >= 11 is 0. The third kappa shape index (κ3) is 4.15. The highest BCUT2D eigenvalue weighted by Crippen LogP contribution is 2.20. The van der Waals surface area contributed by atoms with Crippen LogP contribution >= 0.6 is 0 Å². The van der Waals surface area contributed by atoms with E-state index >= 15 is 0 Å². The number of hydrogen-bond acceptors (Lipinski definition) is 2. The van der Waals surface area contributed by atoms with E-state index in [0.29, 0.717) is 0 Å². The lowest BCUT2D eigenvalue weighted by Crippen LogP contribution is -2.28. The molecule has 0 aliphatic rings. The Labute approximate surface area is 131 Å². The third-order valence-electron chi connectivity index (χ3n) is 3.55. The quantitative estimate of drug-likeness (QED) is 0.914. The van der Waals surface area contributed by atoms with Gasteiger partial charge in [-0.2, -0.15) is 0 Å². The van der Waals surface area contributed by atoms with Crippen molar-refractivity contribution in [2.75, 3.05) is 0 Å². The lowest BCUT2D eigenvalue weighted by atomic mass is 10.0. The van der Waals surface area contributed by atoms with Gasteiger partial charge in [-0.3, -0.25) is 0 Å². The van der Waals surface area contributed by atoms with Crippen LogP contribution in [0.5, 0.6) is 0 Å². The summed E-state index contributed by atoms with van der Waals surface area (Å²) in [5, 5.41) is 0. The maximum Gasteiger partial charge on any atom is 0.216 e. The van der Waals surface area contributed by atoms with Crippen molar-refractivity contribution in [3.05, 3.63) is 70.5 Å². The smallest absolute Gasteiger partial charge is 0.212 e. The first-order valence-corrected chi connectivity index (χ1v) is 8.74. The van der Waals surface area contributed by atoms with E-state index in [1.54, 1.807) is 13.0 Å². The SMILES string of the molecule is Cc1ccc([C@@H](C)NS(=O)(=O)Cc2ccccc2F)c(C)c1. The first kappa shape index (κ1) is 16.6. The molecule has 2 rings (SSSR count). The molecular formula is C17H20FNO2S. The molecule has 5 heteroatoms. The van der Waals surface area contributed by atoms with Gasteiger partial charge < -0.3 is 0 Å². The predicted octanol–water partition coefficient (Wildman–Crippen LogP) is 3.62. The second-order valence-electron chi connectivity index (χ2n) is 5.55. The monoisotopic (exact) mass is 321 g/mol. The van der Waals surface area contributed by atoms with Crippen molar-refractivity contribution in [3.8, 4) is 0 Å². The first-order chi connectivity index (χ1) is 10.3. The van der Waals surface area contributed by atoms with Gasteiger partial charge in [-0.1, -0.05) is 42.0 Å². The number of nitrogens with one attached hydrogen (secondary N) is 1. The molecule has 0 heterocycles. The number of sulfonamides is 1. The molecule has 0 bridgehead atoms. The lowest BCUT2D eigenvalue weighted by Gasteiger charge is -2.17. The van der Waals surface area contributed by atoms with Gasteiger partial charge in [-0.25, -0.2) is 17.5 Å². The van der Waals surface area contributed by atoms with Crippen LogP contribution in [0.15, 0.2) is 42.5 Å². The molecule has 0 saturated carbocycles. The molecule has 0 spiro atoms. The van der Waals surface area contributed by atoms with Crippen LogP contribution in [0.1, 0.15) is 35.2 Å². The number of halogens is 1. The summed E-state index contributed by atoms with van der Waals surface area (Å²) < 4.78 is 40.7. The zero-order valence-corrected chi connectivity index (χ0v) is 13.7. The molecule has 1 N–H and O–H groups in total. The van der Waals surface area contributed by atoms with Gasteiger partial charge in [0.25, 0.3) is 0 Å². The largest absolute Gasteiger partial charge is 0.216 e. The molecule has 1 atom stereocenters. The van der Waals surface area contributed by atoms with Gasteiger partial charge >= 0.3 is 0 Å². The molecule has 2 aromatic rings. The van der Waals surface area contributed by atoms with Gasteiger partial charge in [0.15, 0.2) is 0 Å². The van der Waals surface area contributed by atoms with Gasteiger partial charge in [0.1, 0.15) is 5.82 Å². The molecule has 22 heavy (non-hydrogen) atoms. The lowest BCUT2D eigenvalue weighted by molar-refractivity contribution is 0.561. The fourth-order valence-electron chi connectivity index (χ4n) is 2.51. The summed E-state index contributed by atoms with van der Waals surface area (Å²) in [5.74, 6) is -0.874. The van der Waals surface area contributed by atoms with Crippen LogP contribution in [-0.4, -0.2) is 8.42 Å². The molecule has 0 unspecified atom stereocenters. The normalized spacial score (nSPS) is 13.1. The van der Waals surface area contributed by atoms with Crippen molar-refractivity contribution in [2.24, 2.45) is 0 Å². The van der Waals surface area contributed by atoms with Crippen molar-refractivity contribution in [2.45, 2.75) is 32.6 Å². The fraction of sp³-hybridized carbons (Fsp3) is 0.294. The third-order valence-corrected chi connectivity index (χ3v) is 4.96. The van der Waals surface area contributed by atoms with E-state index in [1.165, 1.54) is 18.2 Å². The van der Waals surface area contributed by atoms with Gasteiger partial charge in [-0.15, -0.1) is 0 Å². The van der Waals surface area contributed by atoms with E-state index < -0.39 is 15.8 Å². The Morgan fingerprint density at radius 2 is 1.82 bits per heavy atom. The van der Waals surface area contributed by atoms with Crippen LogP contribution in [0.3, 0.4) is 0 Å². The minimum absolute atomic E-state index is 0.169. The van der Waals surface area contributed by atoms with Gasteiger partial charge in [-0.05, 0) is 38.0 Å². The van der Waals surface area contributed by atoms with E-state index in [4.69, 9.17) is 0 Å². The van der Waals surface area contributed by atoms with Gasteiger partial charge in [0, 0.05) is 11.6 Å². The Hall–Kier alpha value is -1.72. The number of aryl methyl sites for hydroxylation is 2. The Kier molecular flexibility index (Phi) is 4.98. The zero-order chi connectivity index (χ0) is 16.3. The van der Waals surface area contributed by atoms with Crippen molar-refractivity contribution in [1.82, 2.24) is 4.72 Å². The molecule has 118 valence electrons. The molecule has 0 aromatic heterocycles. The maximum absolute atomic E-state index is 13.6. The standard InChI is InChI=1S/C17H20FNO2S/c1-12-8-9-16(13(2)10-12)14(3)19-22(20,21)11-15-6-4-5-7-17(15)18/h4-10,14,19H,11H2,1-3H3/t14-/m1/s1. The van der Waals surface area contributed by atoms with Crippen molar-refractivity contribution >= 4 is 10.0 Å². The minimum atomic E-state index is -3.62. The van der Waals surface area contributed by atoms with Crippen molar-refractivity contribution in [3.63, 3.8) is 0 Å². The van der Waals surface area contributed by atoms with E-state index in [2.05, 4.69) is 4.72 Å². The van der Waals surface area contributed by atoms with E-state index in [9.17, 15) is 12.8 Å². The highest BCUT2D eigenvalue weighted by atomic mass is 32.2. The van der Waals surface area contributed by atoms with Crippen molar-refractivity contribution in [1.29, 1.82) is 0 Å². The minimum Gasteiger partial charge on any atom is -0.212 e. The predicted molar refractivity (Wildman–Crippen MR) is 86.5 cm³/mol. The Morgan fingerprint density at radius 3 is 2.45 bits per heavy atom. The average molecular weight is 321 g/mol. The molecule has 0 amide bonds. The summed E-state index contributed by atoms with van der Waals surface area (Å²) in [5.41, 5.74) is 3.24. The Morgan fingerprint density at radius 1 is 1.14 bits per heavy atom. The Bertz CT molecular complexity index is 772. The van der Waals surface area contributed by atoms with E-state index in [-0.39, 0.29) is 17.4 Å². The summed E-state index contributed by atoms with van der Waals surface area (Å²) in [4.78, 5) is 0. The average Bonchev–Trinajstić information content (AvgIpc) is 2.40. The van der Waals surface area contributed by atoms with Gasteiger partial charge in [0.05, 0.1) is 5.75 Å². The van der Waals surface area contributed by atoms with Crippen LogP contribution in [-0.2, 0) is 15.8 Å². The molecule has 0 aliphatic heterocycles. The molecule has 3 nitrogen and oxygen atoms in total. The maximum atomic E-state index is 13.6.